The number of carbonyl (C=O) groups excluding carboxylic acids is 2. The molecule has 0 amide bonds. The van der Waals surface area contributed by atoms with E-state index in [0.29, 0.717) is 11.1 Å². The second-order valence-electron chi connectivity index (χ2n) is 5.54. The van der Waals surface area contributed by atoms with Gasteiger partial charge in [-0.25, -0.2) is 0 Å². The number of hydrogen-bond acceptors (Lipinski definition) is 5. The van der Waals surface area contributed by atoms with E-state index in [9.17, 15) is 9.59 Å². The van der Waals surface area contributed by atoms with E-state index in [1.807, 2.05) is 29.0 Å². The fraction of sp³-hybridized carbons (Fsp3) is 0. The van der Waals surface area contributed by atoms with Crippen LogP contribution in [-0.4, -0.2) is 40.6 Å². The molecular weight excluding hydrogens is 401 g/mol. The number of fused-ring (bicyclic) bond motifs is 2. The van der Waals surface area contributed by atoms with Crippen LogP contribution in [0.2, 0.25) is 0 Å². The van der Waals surface area contributed by atoms with Crippen LogP contribution in [0.3, 0.4) is 0 Å². The fourth-order valence-corrected chi connectivity index (χ4v) is 5.68. The van der Waals surface area contributed by atoms with Crippen molar-refractivity contribution in [2.75, 3.05) is 0 Å². The molecule has 120 valence electrons. The van der Waals surface area contributed by atoms with Crippen LogP contribution < -0.4 is 0 Å². The van der Waals surface area contributed by atoms with Gasteiger partial charge >= 0.3 is 152 Å². The van der Waals surface area contributed by atoms with Crippen LogP contribution >= 0.6 is 11.3 Å². The van der Waals surface area contributed by atoms with Gasteiger partial charge in [-0.05, 0) is 0 Å². The first kappa shape index (κ1) is 14.7. The molecule has 0 radical (unpaired) electrons. The van der Waals surface area contributed by atoms with Gasteiger partial charge in [-0.2, -0.15) is 0 Å². The molecule has 5 rings (SSSR count). The van der Waals surface area contributed by atoms with Gasteiger partial charge in [-0.15, -0.1) is 0 Å². The Morgan fingerprint density at radius 1 is 1.00 bits per heavy atom. The van der Waals surface area contributed by atoms with Crippen molar-refractivity contribution >= 4 is 54.6 Å². The van der Waals surface area contributed by atoms with E-state index in [0.717, 1.165) is 20.2 Å². The first-order chi connectivity index (χ1) is 12.2. The van der Waals surface area contributed by atoms with Gasteiger partial charge in [0.15, 0.2) is 0 Å². The molecule has 7 heteroatoms. The Morgan fingerprint density at radius 3 is 2.56 bits per heavy atom. The molecule has 5 nitrogen and oxygen atoms in total. The quantitative estimate of drug-likeness (QED) is 0.290. The second kappa shape index (κ2) is 5.46. The van der Waals surface area contributed by atoms with E-state index in [1.165, 1.54) is 11.3 Å². The fourth-order valence-electron chi connectivity index (χ4n) is 2.90. The van der Waals surface area contributed by atoms with Crippen molar-refractivity contribution in [1.29, 1.82) is 0 Å². The standard InChI is InChI=1S/C18H9N3O2SSe/c22-16-11(17(23)13-9-24-8-12(13)16)7-10-1-2-15(25-10)21-6-3-14-18(21)20-5-4-19-14/h1-9H. The number of Topliss-reactive ketones (excluding diaryl/α,β-unsaturated/α-hetero) is 2. The molecule has 4 aromatic heterocycles. The molecule has 0 bridgehead atoms. The van der Waals surface area contributed by atoms with Crippen LogP contribution in [0.4, 0.5) is 0 Å². The summed E-state index contributed by atoms with van der Waals surface area (Å²) in [5.41, 5.74) is 3.00. The molecule has 1 aliphatic carbocycles. The molecule has 0 spiro atoms. The summed E-state index contributed by atoms with van der Waals surface area (Å²) in [6.07, 6.45) is 7.04. The van der Waals surface area contributed by atoms with Gasteiger partial charge in [0.25, 0.3) is 0 Å². The summed E-state index contributed by atoms with van der Waals surface area (Å²) in [5.74, 6) is -0.327. The van der Waals surface area contributed by atoms with Gasteiger partial charge in [0, 0.05) is 0 Å². The summed E-state index contributed by atoms with van der Waals surface area (Å²) in [7, 11) is 0. The number of hydrogen-bond donors (Lipinski definition) is 0. The minimum atomic E-state index is -0.163. The Balaban J connectivity index is 1.55. The summed E-state index contributed by atoms with van der Waals surface area (Å²) in [6.45, 7) is 0. The van der Waals surface area contributed by atoms with Crippen molar-refractivity contribution in [2.24, 2.45) is 0 Å². The molecule has 0 unspecified atom stereocenters. The van der Waals surface area contributed by atoms with Crippen LogP contribution in [0.15, 0.2) is 53.1 Å². The summed E-state index contributed by atoms with van der Waals surface area (Å²) < 4.78 is 4.11. The SMILES string of the molecule is O=C1C(=Cc2ccc(-n3ccc4nccnc43)[se]2)C(=O)c2cscc21. The average Bonchev–Trinajstić information content (AvgIpc) is 3.38. The van der Waals surface area contributed by atoms with E-state index in [-0.39, 0.29) is 31.6 Å². The Bertz CT molecular complexity index is 1170. The maximum absolute atomic E-state index is 12.4. The van der Waals surface area contributed by atoms with Gasteiger partial charge in [0.05, 0.1) is 0 Å². The first-order valence-corrected chi connectivity index (χ1v) is 10.1. The molecule has 4 aromatic rings. The first-order valence-electron chi connectivity index (χ1n) is 7.48. The van der Waals surface area contributed by atoms with Crippen molar-refractivity contribution in [3.8, 4) is 4.56 Å². The van der Waals surface area contributed by atoms with Crippen molar-refractivity contribution in [2.45, 2.75) is 0 Å². The van der Waals surface area contributed by atoms with Crippen LogP contribution in [-0.2, 0) is 0 Å². The third-order valence-electron chi connectivity index (χ3n) is 4.09. The summed E-state index contributed by atoms with van der Waals surface area (Å²) >= 11 is 1.38. The maximum atomic E-state index is 12.4. The third kappa shape index (κ3) is 2.21. The summed E-state index contributed by atoms with van der Waals surface area (Å²) in [5, 5.41) is 3.50. The molecule has 0 fully saturated rings. The normalized spacial score (nSPS) is 13.7. The van der Waals surface area contributed by atoms with E-state index < -0.39 is 0 Å². The molecule has 0 saturated carbocycles. The number of allylic oxidation sites excluding steroid dienone is 1. The van der Waals surface area contributed by atoms with Gasteiger partial charge in [-0.1, -0.05) is 0 Å². The molecule has 0 aromatic carbocycles. The molecule has 0 N–H and O–H groups in total. The van der Waals surface area contributed by atoms with E-state index in [1.54, 1.807) is 29.2 Å². The monoisotopic (exact) mass is 411 g/mol. The zero-order chi connectivity index (χ0) is 17.0. The molecule has 4 heterocycles. The third-order valence-corrected chi connectivity index (χ3v) is 7.00. The van der Waals surface area contributed by atoms with E-state index >= 15 is 0 Å². The van der Waals surface area contributed by atoms with Crippen LogP contribution in [0.25, 0.3) is 21.8 Å². The average molecular weight is 410 g/mol. The Kier molecular flexibility index (Phi) is 3.21. The summed E-state index contributed by atoms with van der Waals surface area (Å²) in [4.78, 5) is 33.5. The zero-order valence-corrected chi connectivity index (χ0v) is 15.2. The van der Waals surface area contributed by atoms with Gasteiger partial charge in [0.2, 0.25) is 0 Å². The van der Waals surface area contributed by atoms with Gasteiger partial charge in [-0.3, -0.25) is 0 Å². The van der Waals surface area contributed by atoms with Crippen molar-refractivity contribution in [3.05, 3.63) is 68.7 Å². The Labute approximate surface area is 152 Å². The van der Waals surface area contributed by atoms with E-state index in [2.05, 4.69) is 9.97 Å². The molecule has 25 heavy (non-hydrogen) atoms. The number of carbonyl (C=O) groups is 2. The Hall–Kier alpha value is -2.60. The second-order valence-corrected chi connectivity index (χ2v) is 8.58. The van der Waals surface area contributed by atoms with Crippen molar-refractivity contribution in [3.63, 3.8) is 0 Å². The molecular formula is C18H9N3O2SSe. The van der Waals surface area contributed by atoms with Gasteiger partial charge in [0.1, 0.15) is 0 Å². The van der Waals surface area contributed by atoms with E-state index in [4.69, 9.17) is 0 Å². The number of thiophene rings is 1. The van der Waals surface area contributed by atoms with Crippen molar-refractivity contribution < 1.29 is 9.59 Å². The molecule has 0 atom stereocenters. The molecule has 1 aliphatic rings. The van der Waals surface area contributed by atoms with Gasteiger partial charge < -0.3 is 0 Å². The van der Waals surface area contributed by atoms with Crippen LogP contribution in [0.1, 0.15) is 25.2 Å². The predicted molar refractivity (Wildman–Crippen MR) is 96.8 cm³/mol. The van der Waals surface area contributed by atoms with Crippen LogP contribution in [0, 0.1) is 0 Å². The predicted octanol–water partition coefficient (Wildman–Crippen LogP) is 3.00. The minimum absolute atomic E-state index is 0.00769. The summed E-state index contributed by atoms with van der Waals surface area (Å²) in [6, 6.07) is 5.91. The molecule has 0 aliphatic heterocycles. The number of nitrogens with zero attached hydrogens (tertiary/aromatic N) is 3. The zero-order valence-electron chi connectivity index (χ0n) is 12.7. The number of ketones is 2. The number of aromatic nitrogens is 3. The number of rotatable bonds is 2. The van der Waals surface area contributed by atoms with Crippen molar-refractivity contribution in [1.82, 2.24) is 14.5 Å². The topological polar surface area (TPSA) is 64.8 Å². The molecule has 0 saturated heterocycles. The Morgan fingerprint density at radius 2 is 1.76 bits per heavy atom. The van der Waals surface area contributed by atoms with Crippen LogP contribution in [0.5, 0.6) is 0 Å².